The maximum Gasteiger partial charge on any atom is 0.337 e. The predicted octanol–water partition coefficient (Wildman–Crippen LogP) is 5.10. The Labute approximate surface area is 146 Å². The Hall–Kier alpha value is -2.26. The molecule has 24 heavy (non-hydrogen) atoms. The van der Waals surface area contributed by atoms with Gasteiger partial charge in [-0.15, -0.1) is 0 Å². The van der Waals surface area contributed by atoms with Crippen LogP contribution in [0.1, 0.15) is 46.8 Å². The van der Waals surface area contributed by atoms with E-state index in [0.717, 1.165) is 47.1 Å². The summed E-state index contributed by atoms with van der Waals surface area (Å²) in [7, 11) is 1.39. The molecule has 0 aromatic heterocycles. The summed E-state index contributed by atoms with van der Waals surface area (Å²) in [6.07, 6.45) is 2.70. The highest BCUT2D eigenvalue weighted by molar-refractivity contribution is 6.30. The molecule has 0 atom stereocenters. The number of aromatic hydroxyl groups is 1. The van der Waals surface area contributed by atoms with Crippen molar-refractivity contribution in [3.8, 4) is 5.75 Å². The SMILES string of the molecule is COC(=O)c1ccc2c(c1)CCCC(c1ccc(Cl)cc1O)=C2C. The molecule has 3 nitrogen and oxygen atoms in total. The molecule has 0 radical (unpaired) electrons. The molecular weight excluding hydrogens is 324 g/mol. The summed E-state index contributed by atoms with van der Waals surface area (Å²) in [5.74, 6) is -0.120. The highest BCUT2D eigenvalue weighted by atomic mass is 35.5. The molecule has 3 rings (SSSR count). The van der Waals surface area contributed by atoms with E-state index >= 15 is 0 Å². The van der Waals surface area contributed by atoms with Crippen LogP contribution in [0.2, 0.25) is 5.02 Å². The summed E-state index contributed by atoms with van der Waals surface area (Å²) in [6, 6.07) is 10.9. The van der Waals surface area contributed by atoms with E-state index < -0.39 is 0 Å². The van der Waals surface area contributed by atoms with Crippen LogP contribution in [0, 0.1) is 0 Å². The number of aryl methyl sites for hydroxylation is 1. The Morgan fingerprint density at radius 3 is 2.58 bits per heavy atom. The smallest absolute Gasteiger partial charge is 0.337 e. The number of carbonyl (C=O) groups excluding carboxylic acids is 1. The first-order valence-electron chi connectivity index (χ1n) is 7.91. The van der Waals surface area contributed by atoms with Crippen molar-refractivity contribution < 1.29 is 14.6 Å². The number of fused-ring (bicyclic) bond motifs is 1. The zero-order valence-electron chi connectivity index (χ0n) is 13.7. The van der Waals surface area contributed by atoms with E-state index in [1.54, 1.807) is 18.2 Å². The highest BCUT2D eigenvalue weighted by Gasteiger charge is 2.19. The number of hydrogen-bond donors (Lipinski definition) is 1. The Bertz CT molecular complexity index is 837. The van der Waals surface area contributed by atoms with Crippen LogP contribution in [0.15, 0.2) is 36.4 Å². The molecule has 1 aliphatic carbocycles. The van der Waals surface area contributed by atoms with Crippen LogP contribution in [-0.2, 0) is 11.2 Å². The topological polar surface area (TPSA) is 46.5 Å². The van der Waals surface area contributed by atoms with Crippen molar-refractivity contribution in [3.05, 3.63) is 63.7 Å². The van der Waals surface area contributed by atoms with E-state index in [0.29, 0.717) is 10.6 Å². The van der Waals surface area contributed by atoms with E-state index in [1.165, 1.54) is 7.11 Å². The third-order valence-corrected chi connectivity index (χ3v) is 4.78. The van der Waals surface area contributed by atoms with Crippen LogP contribution in [-0.4, -0.2) is 18.2 Å². The van der Waals surface area contributed by atoms with Crippen molar-refractivity contribution in [2.75, 3.05) is 7.11 Å². The van der Waals surface area contributed by atoms with E-state index in [9.17, 15) is 9.90 Å². The number of methoxy groups -OCH3 is 1. The van der Waals surface area contributed by atoms with Gasteiger partial charge in [-0.05, 0) is 78.8 Å². The minimum atomic E-state index is -0.320. The monoisotopic (exact) mass is 342 g/mol. The number of halogens is 1. The number of hydrogen-bond acceptors (Lipinski definition) is 3. The number of phenolic OH excluding ortho intramolecular Hbond substituents is 1. The number of carbonyl (C=O) groups is 1. The third kappa shape index (κ3) is 3.04. The number of phenols is 1. The average Bonchev–Trinajstić information content (AvgIpc) is 2.73. The van der Waals surface area contributed by atoms with Crippen molar-refractivity contribution in [1.82, 2.24) is 0 Å². The van der Waals surface area contributed by atoms with Crippen molar-refractivity contribution >= 4 is 28.7 Å². The fourth-order valence-corrected chi connectivity index (χ4v) is 3.48. The second-order valence-corrected chi connectivity index (χ2v) is 6.42. The molecule has 2 aromatic carbocycles. The van der Waals surface area contributed by atoms with Gasteiger partial charge in [0.2, 0.25) is 0 Å². The molecule has 1 N–H and O–H groups in total. The van der Waals surface area contributed by atoms with Gasteiger partial charge in [0.15, 0.2) is 0 Å². The minimum absolute atomic E-state index is 0.200. The summed E-state index contributed by atoms with van der Waals surface area (Å²) < 4.78 is 4.81. The molecule has 0 aliphatic heterocycles. The fraction of sp³-hybridized carbons (Fsp3) is 0.250. The molecule has 4 heteroatoms. The molecule has 124 valence electrons. The number of allylic oxidation sites excluding steroid dienone is 2. The molecule has 0 saturated carbocycles. The summed E-state index contributed by atoms with van der Waals surface area (Å²) in [5.41, 5.74) is 5.89. The van der Waals surface area contributed by atoms with Crippen molar-refractivity contribution in [2.45, 2.75) is 26.2 Å². The molecule has 0 fully saturated rings. The Morgan fingerprint density at radius 2 is 1.88 bits per heavy atom. The maximum atomic E-state index is 11.7. The molecule has 0 saturated heterocycles. The summed E-state index contributed by atoms with van der Waals surface area (Å²) in [5, 5.41) is 10.8. The first-order chi connectivity index (χ1) is 11.5. The minimum Gasteiger partial charge on any atom is -0.507 e. The van der Waals surface area contributed by atoms with Gasteiger partial charge in [-0.1, -0.05) is 17.7 Å². The standard InChI is InChI=1S/C20H19ClO3/c1-12-16-8-6-14(20(23)24-2)10-13(16)4-3-5-17(12)18-9-7-15(21)11-19(18)22/h6-11,22H,3-5H2,1-2H3. The lowest BCUT2D eigenvalue weighted by molar-refractivity contribution is 0.0600. The Morgan fingerprint density at radius 1 is 1.12 bits per heavy atom. The van der Waals surface area contributed by atoms with E-state index in [-0.39, 0.29) is 11.7 Å². The lowest BCUT2D eigenvalue weighted by Crippen LogP contribution is -2.03. The van der Waals surface area contributed by atoms with Crippen molar-refractivity contribution in [3.63, 3.8) is 0 Å². The first kappa shape index (κ1) is 16.6. The number of rotatable bonds is 2. The van der Waals surface area contributed by atoms with E-state index in [2.05, 4.69) is 6.92 Å². The molecule has 0 heterocycles. The van der Waals surface area contributed by atoms with Crippen LogP contribution in [0.25, 0.3) is 11.1 Å². The predicted molar refractivity (Wildman–Crippen MR) is 96.3 cm³/mol. The highest BCUT2D eigenvalue weighted by Crippen LogP contribution is 2.39. The van der Waals surface area contributed by atoms with Crippen LogP contribution in [0.4, 0.5) is 0 Å². The molecule has 0 bridgehead atoms. The van der Waals surface area contributed by atoms with Gasteiger partial charge in [0.25, 0.3) is 0 Å². The van der Waals surface area contributed by atoms with Gasteiger partial charge >= 0.3 is 5.97 Å². The van der Waals surface area contributed by atoms with Crippen molar-refractivity contribution in [1.29, 1.82) is 0 Å². The summed E-state index contributed by atoms with van der Waals surface area (Å²) >= 11 is 5.95. The fourth-order valence-electron chi connectivity index (χ4n) is 3.31. The Balaban J connectivity index is 2.11. The normalized spacial score (nSPS) is 14.1. The molecular formula is C20H19ClO3. The van der Waals surface area contributed by atoms with Crippen LogP contribution in [0.5, 0.6) is 5.75 Å². The molecule has 2 aromatic rings. The molecule has 0 unspecified atom stereocenters. The molecule has 0 amide bonds. The maximum absolute atomic E-state index is 11.7. The summed E-state index contributed by atoms with van der Waals surface area (Å²) in [4.78, 5) is 11.7. The number of benzene rings is 2. The van der Waals surface area contributed by atoms with Gasteiger partial charge in [-0.3, -0.25) is 0 Å². The lowest BCUT2D eigenvalue weighted by atomic mass is 9.92. The van der Waals surface area contributed by atoms with Gasteiger partial charge in [0.05, 0.1) is 12.7 Å². The van der Waals surface area contributed by atoms with Crippen LogP contribution < -0.4 is 0 Å². The van der Waals surface area contributed by atoms with Gasteiger partial charge in [-0.25, -0.2) is 4.79 Å². The van der Waals surface area contributed by atoms with E-state index in [1.807, 2.05) is 18.2 Å². The quantitative estimate of drug-likeness (QED) is 0.772. The Kier molecular flexibility index (Phi) is 4.63. The van der Waals surface area contributed by atoms with Crippen LogP contribution >= 0.6 is 11.6 Å². The van der Waals surface area contributed by atoms with Crippen molar-refractivity contribution in [2.24, 2.45) is 0 Å². The van der Waals surface area contributed by atoms with Gasteiger partial charge < -0.3 is 9.84 Å². The van der Waals surface area contributed by atoms with Gasteiger partial charge in [-0.2, -0.15) is 0 Å². The zero-order chi connectivity index (χ0) is 17.3. The third-order valence-electron chi connectivity index (χ3n) is 4.54. The first-order valence-corrected chi connectivity index (χ1v) is 8.29. The second-order valence-electron chi connectivity index (χ2n) is 5.98. The molecule has 0 spiro atoms. The lowest BCUT2D eigenvalue weighted by Gasteiger charge is -2.14. The van der Waals surface area contributed by atoms with Crippen LogP contribution in [0.3, 0.4) is 0 Å². The number of esters is 1. The largest absolute Gasteiger partial charge is 0.507 e. The number of ether oxygens (including phenoxy) is 1. The average molecular weight is 343 g/mol. The van der Waals surface area contributed by atoms with E-state index in [4.69, 9.17) is 16.3 Å². The summed E-state index contributed by atoms with van der Waals surface area (Å²) in [6.45, 7) is 2.06. The molecule has 1 aliphatic rings. The second kappa shape index (κ2) is 6.70. The van der Waals surface area contributed by atoms with Gasteiger partial charge in [0, 0.05) is 10.6 Å². The zero-order valence-corrected chi connectivity index (χ0v) is 14.5. The van der Waals surface area contributed by atoms with Gasteiger partial charge in [0.1, 0.15) is 5.75 Å².